The molecular formula is C53H95NO10. The van der Waals surface area contributed by atoms with Crippen molar-refractivity contribution in [2.45, 2.75) is 256 Å². The summed E-state index contributed by atoms with van der Waals surface area (Å²) in [5, 5.41) is 54.1. The molecule has 0 radical (unpaired) electrons. The first-order chi connectivity index (χ1) is 31.2. The largest absolute Gasteiger partial charge is 0.466 e. The standard InChI is InChI=1S/C53H95NO10/c1-3-5-7-9-11-13-15-20-23-27-31-35-39-46(56)45(44-63-53-52(61)51(60)50(59)47(43-55)64-53)54-48(57)40-36-32-28-24-21-17-16-18-22-26-30-34-38-42-62-49(58)41-37-33-29-25-19-14-12-10-8-6-4-2/h9,11,17,20-21,23,35,39,45-47,50-53,55-56,59-61H,3-8,10,12-16,18-19,22,24-34,36-38,40-44H2,1-2H3,(H,54,57)/b11-9+,21-17-,23-20+,39-35+. The maximum absolute atomic E-state index is 13.0. The summed E-state index contributed by atoms with van der Waals surface area (Å²) in [5.74, 6) is -0.267. The number of hydrogen-bond donors (Lipinski definition) is 6. The molecule has 1 rings (SSSR count). The third-order valence-electron chi connectivity index (χ3n) is 11.9. The Morgan fingerprint density at radius 1 is 0.562 bits per heavy atom. The van der Waals surface area contributed by atoms with Gasteiger partial charge in [0.05, 0.1) is 32.0 Å². The number of aliphatic hydroxyl groups is 5. The van der Waals surface area contributed by atoms with E-state index in [0.29, 0.717) is 25.9 Å². The number of nitrogens with one attached hydrogen (secondary N) is 1. The maximum atomic E-state index is 13.0. The highest BCUT2D eigenvalue weighted by Gasteiger charge is 2.44. The number of rotatable bonds is 43. The van der Waals surface area contributed by atoms with Crippen LogP contribution in [-0.2, 0) is 23.8 Å². The molecule has 1 fully saturated rings. The topological polar surface area (TPSA) is 175 Å². The smallest absolute Gasteiger partial charge is 0.305 e. The minimum atomic E-state index is -1.59. The molecule has 11 nitrogen and oxygen atoms in total. The van der Waals surface area contributed by atoms with Crippen LogP contribution in [0.4, 0.5) is 0 Å². The zero-order valence-corrected chi connectivity index (χ0v) is 40.5. The first-order valence-electron chi connectivity index (χ1n) is 25.9. The molecule has 6 N–H and O–H groups in total. The van der Waals surface area contributed by atoms with Gasteiger partial charge in [-0.2, -0.15) is 0 Å². The highest BCUT2D eigenvalue weighted by Crippen LogP contribution is 2.22. The van der Waals surface area contributed by atoms with E-state index in [2.05, 4.69) is 55.6 Å². The van der Waals surface area contributed by atoms with Crippen LogP contribution in [0.15, 0.2) is 48.6 Å². The van der Waals surface area contributed by atoms with E-state index in [1.54, 1.807) is 6.08 Å². The number of unbranched alkanes of at least 4 members (excludes halogenated alkanes) is 23. The molecule has 1 aliphatic rings. The van der Waals surface area contributed by atoms with Gasteiger partial charge in [0.2, 0.25) is 5.91 Å². The molecule has 1 amide bonds. The predicted molar refractivity (Wildman–Crippen MR) is 260 cm³/mol. The summed E-state index contributed by atoms with van der Waals surface area (Å²) < 4.78 is 16.6. The lowest BCUT2D eigenvalue weighted by atomic mass is 9.99. The van der Waals surface area contributed by atoms with Gasteiger partial charge in [-0.05, 0) is 77.0 Å². The second-order valence-electron chi connectivity index (χ2n) is 17.8. The summed E-state index contributed by atoms with van der Waals surface area (Å²) >= 11 is 0. The van der Waals surface area contributed by atoms with Crippen molar-refractivity contribution >= 4 is 11.9 Å². The van der Waals surface area contributed by atoms with Crippen LogP contribution in [0.1, 0.15) is 213 Å². The molecule has 0 bridgehead atoms. The Bertz CT molecular complexity index is 1210. The van der Waals surface area contributed by atoms with Gasteiger partial charge < -0.3 is 45.1 Å². The summed E-state index contributed by atoms with van der Waals surface area (Å²) in [7, 11) is 0. The first kappa shape index (κ1) is 59.6. The zero-order valence-electron chi connectivity index (χ0n) is 40.5. The molecule has 0 aliphatic carbocycles. The molecule has 64 heavy (non-hydrogen) atoms. The Morgan fingerprint density at radius 3 is 1.61 bits per heavy atom. The van der Waals surface area contributed by atoms with Gasteiger partial charge in [-0.3, -0.25) is 9.59 Å². The van der Waals surface area contributed by atoms with Crippen LogP contribution in [0.25, 0.3) is 0 Å². The molecule has 1 heterocycles. The van der Waals surface area contributed by atoms with Crippen molar-refractivity contribution in [3.05, 3.63) is 48.6 Å². The van der Waals surface area contributed by atoms with Crippen molar-refractivity contribution in [3.8, 4) is 0 Å². The number of aliphatic hydroxyl groups excluding tert-OH is 5. The Kier molecular flexibility index (Phi) is 40.3. The van der Waals surface area contributed by atoms with Crippen LogP contribution < -0.4 is 5.32 Å². The summed E-state index contributed by atoms with van der Waals surface area (Å²) in [4.78, 5) is 25.0. The summed E-state index contributed by atoms with van der Waals surface area (Å²) in [6.07, 6.45) is 41.9. The third kappa shape index (κ3) is 33.1. The van der Waals surface area contributed by atoms with Crippen molar-refractivity contribution in [1.29, 1.82) is 0 Å². The molecule has 7 unspecified atom stereocenters. The number of esters is 1. The second kappa shape index (κ2) is 43.2. The van der Waals surface area contributed by atoms with Crippen molar-refractivity contribution in [2.75, 3.05) is 19.8 Å². The summed E-state index contributed by atoms with van der Waals surface area (Å²) in [6, 6.07) is -0.854. The highest BCUT2D eigenvalue weighted by molar-refractivity contribution is 5.76. The van der Waals surface area contributed by atoms with Crippen molar-refractivity contribution in [3.63, 3.8) is 0 Å². The van der Waals surface area contributed by atoms with Gasteiger partial charge in [0.15, 0.2) is 6.29 Å². The lowest BCUT2D eigenvalue weighted by molar-refractivity contribution is -0.302. The van der Waals surface area contributed by atoms with Gasteiger partial charge in [0, 0.05) is 12.8 Å². The molecule has 0 aromatic rings. The van der Waals surface area contributed by atoms with Crippen LogP contribution in [-0.4, -0.2) is 100 Å². The molecule has 1 saturated heterocycles. The van der Waals surface area contributed by atoms with E-state index in [4.69, 9.17) is 14.2 Å². The number of amides is 1. The number of carbonyl (C=O) groups excluding carboxylic acids is 2. The molecule has 0 spiro atoms. The quantitative estimate of drug-likeness (QED) is 0.0196. The third-order valence-corrected chi connectivity index (χ3v) is 11.9. The highest BCUT2D eigenvalue weighted by atomic mass is 16.7. The second-order valence-corrected chi connectivity index (χ2v) is 17.8. The fraction of sp³-hybridized carbons (Fsp3) is 0.811. The zero-order chi connectivity index (χ0) is 46.7. The van der Waals surface area contributed by atoms with Gasteiger partial charge in [0.25, 0.3) is 0 Å². The number of hydrogen-bond acceptors (Lipinski definition) is 10. The van der Waals surface area contributed by atoms with Crippen molar-refractivity contribution in [1.82, 2.24) is 5.32 Å². The average molecular weight is 906 g/mol. The lowest BCUT2D eigenvalue weighted by Crippen LogP contribution is -2.60. The Balaban J connectivity index is 2.23. The molecule has 11 heteroatoms. The van der Waals surface area contributed by atoms with Crippen molar-refractivity contribution in [2.24, 2.45) is 0 Å². The van der Waals surface area contributed by atoms with Crippen LogP contribution in [0.2, 0.25) is 0 Å². The molecule has 0 aromatic heterocycles. The van der Waals surface area contributed by atoms with Gasteiger partial charge in [0.1, 0.15) is 24.4 Å². The van der Waals surface area contributed by atoms with Crippen LogP contribution in [0.3, 0.4) is 0 Å². The lowest BCUT2D eigenvalue weighted by Gasteiger charge is -2.40. The van der Waals surface area contributed by atoms with Gasteiger partial charge in [-0.25, -0.2) is 0 Å². The number of carbonyl (C=O) groups is 2. The maximum Gasteiger partial charge on any atom is 0.305 e. The van der Waals surface area contributed by atoms with E-state index in [1.165, 1.54) is 96.3 Å². The molecule has 7 atom stereocenters. The number of ether oxygens (including phenoxy) is 3. The van der Waals surface area contributed by atoms with E-state index < -0.39 is 49.5 Å². The average Bonchev–Trinajstić information content (AvgIpc) is 3.29. The predicted octanol–water partition coefficient (Wildman–Crippen LogP) is 10.5. The Hall–Kier alpha value is -2.38. The fourth-order valence-corrected chi connectivity index (χ4v) is 7.68. The summed E-state index contributed by atoms with van der Waals surface area (Å²) in [6.45, 7) is 4.18. The van der Waals surface area contributed by atoms with Crippen LogP contribution in [0, 0.1) is 0 Å². The minimum Gasteiger partial charge on any atom is -0.466 e. The SMILES string of the molecule is CCCC/C=C/CC/C=C/CC/C=C/C(O)C(COC1OC(CO)C(O)C(O)C1O)NC(=O)CCCCC/C=C\CCCCCCCCOC(=O)CCCCCCCCCCCCC. The van der Waals surface area contributed by atoms with E-state index in [9.17, 15) is 35.1 Å². The van der Waals surface area contributed by atoms with Crippen molar-refractivity contribution < 1.29 is 49.3 Å². The van der Waals surface area contributed by atoms with Crippen LogP contribution in [0.5, 0.6) is 0 Å². The molecule has 372 valence electrons. The Morgan fingerprint density at radius 2 is 1.03 bits per heavy atom. The monoisotopic (exact) mass is 906 g/mol. The number of allylic oxidation sites excluding steroid dienone is 7. The normalized spacial score (nSPS) is 20.3. The molecule has 1 aliphatic heterocycles. The molecule has 0 saturated carbocycles. The fourth-order valence-electron chi connectivity index (χ4n) is 7.68. The van der Waals surface area contributed by atoms with Gasteiger partial charge in [-0.1, -0.05) is 172 Å². The summed E-state index contributed by atoms with van der Waals surface area (Å²) in [5.41, 5.74) is 0. The minimum absolute atomic E-state index is 0.0379. The van der Waals surface area contributed by atoms with E-state index in [1.807, 2.05) is 6.08 Å². The van der Waals surface area contributed by atoms with E-state index >= 15 is 0 Å². The van der Waals surface area contributed by atoms with Gasteiger partial charge >= 0.3 is 5.97 Å². The van der Waals surface area contributed by atoms with E-state index in [-0.39, 0.29) is 24.9 Å². The first-order valence-corrected chi connectivity index (χ1v) is 25.9. The molecule has 0 aromatic carbocycles. The Labute approximate surface area is 389 Å². The molecular weight excluding hydrogens is 811 g/mol. The van der Waals surface area contributed by atoms with E-state index in [0.717, 1.165) is 77.0 Å². The van der Waals surface area contributed by atoms with Crippen LogP contribution >= 0.6 is 0 Å². The van der Waals surface area contributed by atoms with Gasteiger partial charge in [-0.15, -0.1) is 0 Å².